The van der Waals surface area contributed by atoms with Crippen molar-refractivity contribution in [2.24, 2.45) is 0 Å². The van der Waals surface area contributed by atoms with Gasteiger partial charge in [-0.2, -0.15) is 0 Å². The van der Waals surface area contributed by atoms with Crippen LogP contribution in [-0.4, -0.2) is 43.0 Å². The van der Waals surface area contributed by atoms with Crippen LogP contribution in [-0.2, 0) is 0 Å². The molecular weight excluding hydrogens is 222 g/mol. The van der Waals surface area contributed by atoms with Gasteiger partial charge in [-0.25, -0.2) is 0 Å². The van der Waals surface area contributed by atoms with Crippen LogP contribution in [0.25, 0.3) is 0 Å². The van der Waals surface area contributed by atoms with Crippen molar-refractivity contribution in [3.8, 4) is 0 Å². The van der Waals surface area contributed by atoms with Crippen molar-refractivity contribution < 1.29 is 0 Å². The van der Waals surface area contributed by atoms with Crippen LogP contribution in [0.2, 0.25) is 0 Å². The maximum atomic E-state index is 5.74. The van der Waals surface area contributed by atoms with Gasteiger partial charge in [-0.05, 0) is 64.6 Å². The van der Waals surface area contributed by atoms with Gasteiger partial charge in [0.15, 0.2) is 0 Å². The first kappa shape index (κ1) is 13.4. The van der Waals surface area contributed by atoms with E-state index in [1.165, 1.54) is 31.5 Å². The first-order chi connectivity index (χ1) is 8.58. The summed E-state index contributed by atoms with van der Waals surface area (Å²) in [5.41, 5.74) is 7.93. The Morgan fingerprint density at radius 3 is 2.33 bits per heavy atom. The number of piperidine rings is 1. The summed E-state index contributed by atoms with van der Waals surface area (Å²) in [7, 11) is 4.45. The molecule has 1 aromatic rings. The first-order valence-corrected chi connectivity index (χ1v) is 6.84. The number of hydrogen-bond acceptors (Lipinski definition) is 3. The summed E-state index contributed by atoms with van der Waals surface area (Å²) < 4.78 is 0. The molecule has 0 saturated carbocycles. The van der Waals surface area contributed by atoms with Gasteiger partial charge in [0.25, 0.3) is 0 Å². The molecule has 1 aromatic carbocycles. The zero-order valence-electron chi connectivity index (χ0n) is 11.8. The van der Waals surface area contributed by atoms with Gasteiger partial charge >= 0.3 is 0 Å². The van der Waals surface area contributed by atoms with E-state index in [0.717, 1.165) is 5.69 Å². The van der Waals surface area contributed by atoms with Crippen LogP contribution in [0.1, 0.15) is 31.4 Å². The van der Waals surface area contributed by atoms with Gasteiger partial charge in [0.1, 0.15) is 0 Å². The Hall–Kier alpha value is -1.06. The molecule has 0 amide bonds. The summed E-state index contributed by atoms with van der Waals surface area (Å²) in [5, 5.41) is 0. The van der Waals surface area contributed by atoms with Crippen molar-refractivity contribution in [2.45, 2.75) is 31.8 Å². The lowest BCUT2D eigenvalue weighted by Crippen LogP contribution is -2.42. The van der Waals surface area contributed by atoms with Crippen LogP contribution >= 0.6 is 0 Å². The number of rotatable bonds is 3. The summed E-state index contributed by atoms with van der Waals surface area (Å²) >= 11 is 0. The van der Waals surface area contributed by atoms with Crippen molar-refractivity contribution in [1.29, 1.82) is 0 Å². The van der Waals surface area contributed by atoms with E-state index in [4.69, 9.17) is 5.73 Å². The van der Waals surface area contributed by atoms with Crippen molar-refractivity contribution in [3.05, 3.63) is 29.8 Å². The van der Waals surface area contributed by atoms with Gasteiger partial charge in [0.2, 0.25) is 0 Å². The molecule has 0 radical (unpaired) electrons. The van der Waals surface area contributed by atoms with Gasteiger partial charge in [-0.3, -0.25) is 4.90 Å². The number of likely N-dealkylation sites (tertiary alicyclic amines) is 1. The fraction of sp³-hybridized carbons (Fsp3) is 0.600. The van der Waals surface area contributed by atoms with Crippen LogP contribution in [0.4, 0.5) is 5.69 Å². The second kappa shape index (κ2) is 5.72. The third-order valence-corrected chi connectivity index (χ3v) is 4.29. The maximum Gasteiger partial charge on any atom is 0.0319 e. The molecule has 2 N–H and O–H groups in total. The molecule has 100 valence electrons. The number of anilines is 1. The van der Waals surface area contributed by atoms with Crippen molar-refractivity contribution in [2.75, 3.05) is 32.9 Å². The van der Waals surface area contributed by atoms with E-state index < -0.39 is 0 Å². The van der Waals surface area contributed by atoms with Gasteiger partial charge in [-0.1, -0.05) is 12.1 Å². The van der Waals surface area contributed by atoms with E-state index >= 15 is 0 Å². The van der Waals surface area contributed by atoms with Gasteiger partial charge in [0.05, 0.1) is 0 Å². The quantitative estimate of drug-likeness (QED) is 0.832. The van der Waals surface area contributed by atoms with Crippen LogP contribution in [0.5, 0.6) is 0 Å². The molecule has 3 nitrogen and oxygen atoms in total. The van der Waals surface area contributed by atoms with E-state index in [1.54, 1.807) is 0 Å². The molecule has 3 heteroatoms. The number of nitrogen functional groups attached to an aromatic ring is 1. The van der Waals surface area contributed by atoms with Crippen molar-refractivity contribution in [1.82, 2.24) is 9.80 Å². The highest BCUT2D eigenvalue weighted by molar-refractivity contribution is 5.40. The minimum Gasteiger partial charge on any atom is -0.399 e. The highest BCUT2D eigenvalue weighted by Gasteiger charge is 2.24. The predicted molar refractivity (Wildman–Crippen MR) is 77.6 cm³/mol. The summed E-state index contributed by atoms with van der Waals surface area (Å²) in [6, 6.07) is 9.44. The molecular formula is C15H25N3. The Morgan fingerprint density at radius 2 is 1.78 bits per heavy atom. The van der Waals surface area contributed by atoms with Gasteiger partial charge in [-0.15, -0.1) is 0 Å². The zero-order valence-corrected chi connectivity index (χ0v) is 11.8. The third kappa shape index (κ3) is 3.03. The summed E-state index contributed by atoms with van der Waals surface area (Å²) in [6.45, 7) is 4.71. The molecule has 2 rings (SSSR count). The Labute approximate surface area is 111 Å². The molecule has 1 fully saturated rings. The molecule has 1 saturated heterocycles. The Balaban J connectivity index is 1.99. The molecule has 1 atom stereocenters. The lowest BCUT2D eigenvalue weighted by atomic mass is 9.99. The second-order valence-electron chi connectivity index (χ2n) is 5.54. The van der Waals surface area contributed by atoms with Crippen LogP contribution in [0, 0.1) is 0 Å². The fourth-order valence-corrected chi connectivity index (χ4v) is 2.73. The van der Waals surface area contributed by atoms with E-state index in [9.17, 15) is 0 Å². The highest BCUT2D eigenvalue weighted by Crippen LogP contribution is 2.25. The number of hydrogen-bond donors (Lipinski definition) is 1. The van der Waals surface area contributed by atoms with Crippen molar-refractivity contribution >= 4 is 5.69 Å². The first-order valence-electron chi connectivity index (χ1n) is 6.84. The predicted octanol–water partition coefficient (Wildman–Crippen LogP) is 2.36. The molecule has 0 aromatic heterocycles. The maximum absolute atomic E-state index is 5.74. The average molecular weight is 247 g/mol. The minimum atomic E-state index is 0.457. The molecule has 1 aliphatic rings. The Bertz CT molecular complexity index is 366. The standard InChI is InChI=1S/C15H25N3/c1-12(13-4-6-14(16)7-5-13)18(3)15-8-10-17(2)11-9-15/h4-7,12,15H,8-11,16H2,1-3H3. The lowest BCUT2D eigenvalue weighted by Gasteiger charge is -2.38. The van der Waals surface area contributed by atoms with Gasteiger partial charge in [0, 0.05) is 17.8 Å². The van der Waals surface area contributed by atoms with E-state index in [1.807, 2.05) is 12.1 Å². The van der Waals surface area contributed by atoms with E-state index in [0.29, 0.717) is 12.1 Å². The van der Waals surface area contributed by atoms with Crippen molar-refractivity contribution in [3.63, 3.8) is 0 Å². The molecule has 1 unspecified atom stereocenters. The normalized spacial score (nSPS) is 20.2. The third-order valence-electron chi connectivity index (χ3n) is 4.29. The molecule has 0 bridgehead atoms. The lowest BCUT2D eigenvalue weighted by molar-refractivity contribution is 0.114. The molecule has 0 spiro atoms. The van der Waals surface area contributed by atoms with Crippen LogP contribution in [0.3, 0.4) is 0 Å². The number of benzene rings is 1. The SMILES string of the molecule is CC(c1ccc(N)cc1)N(C)C1CCN(C)CC1. The highest BCUT2D eigenvalue weighted by atomic mass is 15.2. The zero-order chi connectivity index (χ0) is 13.1. The number of nitrogens with zero attached hydrogens (tertiary/aromatic N) is 2. The Kier molecular flexibility index (Phi) is 4.25. The van der Waals surface area contributed by atoms with E-state index in [2.05, 4.69) is 43.0 Å². The van der Waals surface area contributed by atoms with Gasteiger partial charge < -0.3 is 10.6 Å². The second-order valence-corrected chi connectivity index (χ2v) is 5.54. The largest absolute Gasteiger partial charge is 0.399 e. The topological polar surface area (TPSA) is 32.5 Å². The molecule has 1 aliphatic heterocycles. The average Bonchev–Trinajstić information content (AvgIpc) is 2.39. The molecule has 1 heterocycles. The smallest absolute Gasteiger partial charge is 0.0319 e. The molecule has 0 aliphatic carbocycles. The monoisotopic (exact) mass is 247 g/mol. The Morgan fingerprint density at radius 1 is 1.22 bits per heavy atom. The fourth-order valence-electron chi connectivity index (χ4n) is 2.73. The summed E-state index contributed by atoms with van der Waals surface area (Å²) in [4.78, 5) is 4.93. The van der Waals surface area contributed by atoms with E-state index in [-0.39, 0.29) is 0 Å². The molecule has 18 heavy (non-hydrogen) atoms. The summed E-state index contributed by atoms with van der Waals surface area (Å²) in [5.74, 6) is 0. The van der Waals surface area contributed by atoms with Crippen LogP contribution in [0.15, 0.2) is 24.3 Å². The summed E-state index contributed by atoms with van der Waals surface area (Å²) in [6.07, 6.45) is 2.54. The minimum absolute atomic E-state index is 0.457. The number of nitrogens with two attached hydrogens (primary N) is 1. The van der Waals surface area contributed by atoms with Crippen LogP contribution < -0.4 is 5.73 Å².